The second-order valence-corrected chi connectivity index (χ2v) is 9.25. The molecule has 0 aliphatic carbocycles. The summed E-state index contributed by atoms with van der Waals surface area (Å²) < 4.78 is 15.7. The Labute approximate surface area is 209 Å². The van der Waals surface area contributed by atoms with Crippen molar-refractivity contribution < 1.29 is 9.18 Å². The predicted molar refractivity (Wildman–Crippen MR) is 137 cm³/mol. The lowest BCUT2D eigenvalue weighted by molar-refractivity contribution is -0.132. The monoisotopic (exact) mass is 488 g/mol. The first-order valence-corrected chi connectivity index (χ1v) is 12.1. The number of amides is 1. The number of aromatic nitrogens is 2. The zero-order valence-electron chi connectivity index (χ0n) is 19.5. The van der Waals surface area contributed by atoms with Gasteiger partial charge in [-0.1, -0.05) is 41.4 Å². The fourth-order valence-electron chi connectivity index (χ4n) is 4.31. The number of rotatable bonds is 6. The van der Waals surface area contributed by atoms with Gasteiger partial charge < -0.3 is 14.8 Å². The highest BCUT2D eigenvalue weighted by Gasteiger charge is 2.27. The van der Waals surface area contributed by atoms with Crippen LogP contribution >= 0.6 is 11.6 Å². The molecular weight excluding hydrogens is 463 g/mol. The van der Waals surface area contributed by atoms with E-state index >= 15 is 0 Å². The number of carbonyl (C=O) groups excluding carboxylic acids is 1. The Kier molecular flexibility index (Phi) is 6.55. The van der Waals surface area contributed by atoms with E-state index in [-0.39, 0.29) is 11.7 Å². The van der Waals surface area contributed by atoms with Crippen molar-refractivity contribution in [2.75, 3.05) is 11.9 Å². The van der Waals surface area contributed by atoms with Crippen molar-refractivity contribution in [3.63, 3.8) is 0 Å². The number of fused-ring (bicyclic) bond motifs is 1. The van der Waals surface area contributed by atoms with Gasteiger partial charge in [0, 0.05) is 35.8 Å². The Balaban J connectivity index is 1.38. The van der Waals surface area contributed by atoms with Crippen LogP contribution in [0.2, 0.25) is 5.02 Å². The molecule has 0 bridgehead atoms. The van der Waals surface area contributed by atoms with Crippen LogP contribution in [0.15, 0.2) is 72.8 Å². The van der Waals surface area contributed by atoms with E-state index in [0.717, 1.165) is 34.2 Å². The minimum absolute atomic E-state index is 0.121. The summed E-state index contributed by atoms with van der Waals surface area (Å²) in [6, 6.07) is 22.1. The van der Waals surface area contributed by atoms with Crippen LogP contribution < -0.4 is 5.32 Å². The van der Waals surface area contributed by atoms with E-state index in [1.54, 1.807) is 12.1 Å². The zero-order valence-corrected chi connectivity index (χ0v) is 20.2. The van der Waals surface area contributed by atoms with Crippen LogP contribution in [0.25, 0.3) is 11.3 Å². The molecule has 3 aromatic carbocycles. The maximum Gasteiger partial charge on any atom is 0.223 e. The van der Waals surface area contributed by atoms with Gasteiger partial charge in [-0.2, -0.15) is 0 Å². The van der Waals surface area contributed by atoms with Crippen molar-refractivity contribution in [3.8, 4) is 11.3 Å². The molecule has 0 atom stereocenters. The first-order valence-electron chi connectivity index (χ1n) is 11.7. The standard InChI is InChI=1S/C28H26ClFN4O/c1-19-2-4-20(5-3-19)6-15-26(35)33-16-17-34-25(18-33)32-27(21-7-11-23(30)12-8-21)28(34)31-24-13-9-22(29)10-14-24/h2-5,7-14,31H,6,15-18H2,1H3. The van der Waals surface area contributed by atoms with Crippen LogP contribution in [-0.4, -0.2) is 26.9 Å². The number of anilines is 2. The van der Waals surface area contributed by atoms with E-state index in [1.807, 2.05) is 29.2 Å². The lowest BCUT2D eigenvalue weighted by atomic mass is 10.1. The van der Waals surface area contributed by atoms with Gasteiger partial charge in [-0.15, -0.1) is 0 Å². The summed E-state index contributed by atoms with van der Waals surface area (Å²) in [6.07, 6.45) is 1.18. The minimum Gasteiger partial charge on any atom is -0.340 e. The van der Waals surface area contributed by atoms with Crippen molar-refractivity contribution in [1.82, 2.24) is 14.5 Å². The van der Waals surface area contributed by atoms with Crippen molar-refractivity contribution in [1.29, 1.82) is 0 Å². The molecular formula is C28H26ClFN4O. The van der Waals surface area contributed by atoms with Crippen LogP contribution in [0.5, 0.6) is 0 Å². The van der Waals surface area contributed by atoms with Crippen molar-refractivity contribution in [2.24, 2.45) is 0 Å². The summed E-state index contributed by atoms with van der Waals surface area (Å²) >= 11 is 6.05. The molecule has 1 aliphatic rings. The summed E-state index contributed by atoms with van der Waals surface area (Å²) in [4.78, 5) is 19.7. The van der Waals surface area contributed by atoms with Gasteiger partial charge in [-0.25, -0.2) is 9.37 Å². The smallest absolute Gasteiger partial charge is 0.223 e. The lowest BCUT2D eigenvalue weighted by Crippen LogP contribution is -2.38. The summed E-state index contributed by atoms with van der Waals surface area (Å²) in [5.74, 6) is 1.45. The third-order valence-corrected chi connectivity index (χ3v) is 6.55. The fourth-order valence-corrected chi connectivity index (χ4v) is 4.44. The average Bonchev–Trinajstić information content (AvgIpc) is 3.22. The molecule has 0 spiro atoms. The quantitative estimate of drug-likeness (QED) is 0.343. The molecule has 178 valence electrons. The van der Waals surface area contributed by atoms with E-state index in [2.05, 4.69) is 41.1 Å². The van der Waals surface area contributed by atoms with E-state index in [4.69, 9.17) is 16.6 Å². The molecule has 1 aromatic heterocycles. The number of aryl methyl sites for hydroxylation is 2. The van der Waals surface area contributed by atoms with Crippen LogP contribution in [-0.2, 0) is 24.3 Å². The van der Waals surface area contributed by atoms with Crippen molar-refractivity contribution in [2.45, 2.75) is 32.9 Å². The number of benzene rings is 3. The molecule has 4 aromatic rings. The first-order chi connectivity index (χ1) is 17.0. The Bertz CT molecular complexity index is 1330. The number of halogens is 2. The third-order valence-electron chi connectivity index (χ3n) is 6.30. The number of hydrogen-bond donors (Lipinski definition) is 1. The number of carbonyl (C=O) groups is 1. The van der Waals surface area contributed by atoms with Gasteiger partial charge in [-0.05, 0) is 67.4 Å². The van der Waals surface area contributed by atoms with Gasteiger partial charge in [0.15, 0.2) is 0 Å². The highest BCUT2D eigenvalue weighted by molar-refractivity contribution is 6.30. The van der Waals surface area contributed by atoms with Crippen molar-refractivity contribution in [3.05, 3.63) is 101 Å². The van der Waals surface area contributed by atoms with Crippen LogP contribution in [0, 0.1) is 12.7 Å². The van der Waals surface area contributed by atoms with Gasteiger partial charge >= 0.3 is 0 Å². The Morgan fingerprint density at radius 2 is 1.71 bits per heavy atom. The maximum atomic E-state index is 13.6. The summed E-state index contributed by atoms with van der Waals surface area (Å²) in [7, 11) is 0. The number of nitrogens with one attached hydrogen (secondary N) is 1. The van der Waals surface area contributed by atoms with Gasteiger partial charge in [0.25, 0.3) is 0 Å². The summed E-state index contributed by atoms with van der Waals surface area (Å²) in [5, 5.41) is 4.12. The summed E-state index contributed by atoms with van der Waals surface area (Å²) in [5.41, 5.74) is 4.78. The Morgan fingerprint density at radius 1 is 1.00 bits per heavy atom. The third kappa shape index (κ3) is 5.23. The molecule has 0 fully saturated rings. The first kappa shape index (κ1) is 23.1. The van der Waals surface area contributed by atoms with Gasteiger partial charge in [0.05, 0.1) is 6.54 Å². The van der Waals surface area contributed by atoms with E-state index in [1.165, 1.54) is 17.7 Å². The fraction of sp³-hybridized carbons (Fsp3) is 0.214. The van der Waals surface area contributed by atoms with Crippen molar-refractivity contribution >= 4 is 29.0 Å². The maximum absolute atomic E-state index is 13.6. The molecule has 2 heterocycles. The molecule has 5 rings (SSSR count). The highest BCUT2D eigenvalue weighted by Crippen LogP contribution is 2.33. The normalized spacial score (nSPS) is 12.9. The Hall–Kier alpha value is -3.64. The molecule has 0 saturated carbocycles. The molecule has 0 unspecified atom stereocenters. The summed E-state index contributed by atoms with van der Waals surface area (Å²) in [6.45, 7) is 3.72. The van der Waals surface area contributed by atoms with Crippen LogP contribution in [0.3, 0.4) is 0 Å². The molecule has 35 heavy (non-hydrogen) atoms. The van der Waals surface area contributed by atoms with Crippen LogP contribution in [0.1, 0.15) is 23.4 Å². The molecule has 5 nitrogen and oxygen atoms in total. The van der Waals surface area contributed by atoms with E-state index in [9.17, 15) is 9.18 Å². The topological polar surface area (TPSA) is 50.2 Å². The van der Waals surface area contributed by atoms with E-state index < -0.39 is 0 Å². The zero-order chi connectivity index (χ0) is 24.4. The van der Waals surface area contributed by atoms with E-state index in [0.29, 0.717) is 37.5 Å². The SMILES string of the molecule is Cc1ccc(CCC(=O)N2CCn3c(nc(-c4ccc(F)cc4)c3Nc3ccc(Cl)cc3)C2)cc1. The molecule has 0 saturated heterocycles. The highest BCUT2D eigenvalue weighted by atomic mass is 35.5. The van der Waals surface area contributed by atoms with Crippen LogP contribution in [0.4, 0.5) is 15.9 Å². The minimum atomic E-state index is -0.296. The molecule has 7 heteroatoms. The molecule has 1 aliphatic heterocycles. The number of nitrogens with zero attached hydrogens (tertiary/aromatic N) is 3. The predicted octanol–water partition coefficient (Wildman–Crippen LogP) is 6.37. The number of hydrogen-bond acceptors (Lipinski definition) is 3. The molecule has 1 N–H and O–H groups in total. The second kappa shape index (κ2) is 9.92. The van der Waals surface area contributed by atoms with Gasteiger partial charge in [0.2, 0.25) is 5.91 Å². The van der Waals surface area contributed by atoms with Gasteiger partial charge in [-0.3, -0.25) is 4.79 Å². The Morgan fingerprint density at radius 3 is 2.43 bits per heavy atom. The largest absolute Gasteiger partial charge is 0.340 e. The van der Waals surface area contributed by atoms with Gasteiger partial charge in [0.1, 0.15) is 23.2 Å². The molecule has 1 amide bonds. The molecule has 0 radical (unpaired) electrons. The average molecular weight is 489 g/mol. The lowest BCUT2D eigenvalue weighted by Gasteiger charge is -2.28. The number of imidazole rings is 1. The second-order valence-electron chi connectivity index (χ2n) is 8.82.